The summed E-state index contributed by atoms with van der Waals surface area (Å²) in [4.78, 5) is 34.0. The van der Waals surface area contributed by atoms with E-state index in [0.29, 0.717) is 0 Å². The Bertz CT molecular complexity index is 303. The van der Waals surface area contributed by atoms with E-state index in [4.69, 9.17) is 0 Å². The van der Waals surface area contributed by atoms with Gasteiger partial charge < -0.3 is 7.59 Å². The fourth-order valence-corrected chi connectivity index (χ4v) is 0.590. The number of esters is 2. The zero-order chi connectivity index (χ0) is 12.4. The van der Waals surface area contributed by atoms with Crippen molar-refractivity contribution in [2.45, 2.75) is 41.5 Å². The van der Waals surface area contributed by atoms with Gasteiger partial charge >= 0.3 is 60.8 Å². The Kier molecular flexibility index (Phi) is 7.44. The molecule has 0 aliphatic rings. The standard InChI is InChI=1S/C11H18O4.Ba.2H/c1-10(2,3)7(12)8(13)15-9(14)11(4,5)6;;;/h1-6H3;;;/q;+2;2*-1. The van der Waals surface area contributed by atoms with E-state index in [-0.39, 0.29) is 51.7 Å². The second-order valence-corrected chi connectivity index (χ2v) is 5.51. The number of Topliss-reactive ketones (excluding diaryl/α,β-unsaturated/α-hetero) is 1. The number of ketones is 1. The number of carbonyl (C=O) groups is 3. The number of ether oxygens (including phenoxy) is 1. The molecule has 0 unspecified atom stereocenters. The summed E-state index contributed by atoms with van der Waals surface area (Å²) >= 11 is 0. The average molecular weight is 354 g/mol. The first-order chi connectivity index (χ1) is 6.46. The third-order valence-electron chi connectivity index (χ3n) is 1.66. The molecule has 0 aromatic carbocycles. The third-order valence-corrected chi connectivity index (χ3v) is 1.66. The minimum absolute atomic E-state index is 0. The largest absolute Gasteiger partial charge is 2.00 e. The summed E-state index contributed by atoms with van der Waals surface area (Å²) in [6, 6.07) is 0. The molecule has 0 amide bonds. The molecule has 16 heavy (non-hydrogen) atoms. The molecule has 4 nitrogen and oxygen atoms in total. The van der Waals surface area contributed by atoms with E-state index in [1.807, 2.05) is 0 Å². The van der Waals surface area contributed by atoms with Crippen LogP contribution in [-0.4, -0.2) is 66.6 Å². The van der Waals surface area contributed by atoms with Crippen molar-refractivity contribution < 1.29 is 22.0 Å². The molecule has 0 saturated carbocycles. The number of hydrogen-bond donors (Lipinski definition) is 0. The molecular weight excluding hydrogens is 333 g/mol. The first-order valence-corrected chi connectivity index (χ1v) is 4.77. The molecule has 0 bridgehead atoms. The Balaban J connectivity index is -0.000000327. The molecule has 0 fully saturated rings. The van der Waals surface area contributed by atoms with Crippen molar-refractivity contribution in [2.75, 3.05) is 0 Å². The van der Waals surface area contributed by atoms with Crippen molar-refractivity contribution in [3.63, 3.8) is 0 Å². The van der Waals surface area contributed by atoms with Crippen LogP contribution in [0.25, 0.3) is 0 Å². The van der Waals surface area contributed by atoms with Crippen molar-refractivity contribution in [3.8, 4) is 0 Å². The maximum atomic E-state index is 11.4. The number of carbonyl (C=O) groups excluding carboxylic acids is 3. The SMILES string of the molecule is CC(C)(C)C(=O)OC(=O)C(=O)C(C)(C)C.[Ba+2].[H-].[H-]. The summed E-state index contributed by atoms with van der Waals surface area (Å²) < 4.78 is 4.48. The van der Waals surface area contributed by atoms with Gasteiger partial charge in [0, 0.05) is 5.41 Å². The topological polar surface area (TPSA) is 60.4 Å². The molecule has 0 aromatic heterocycles. The molecule has 90 valence electrons. The molecule has 0 saturated heterocycles. The quantitative estimate of drug-likeness (QED) is 0.311. The van der Waals surface area contributed by atoms with Crippen LogP contribution < -0.4 is 0 Å². The second-order valence-electron chi connectivity index (χ2n) is 5.51. The number of rotatable bonds is 1. The van der Waals surface area contributed by atoms with Crippen LogP contribution in [0.5, 0.6) is 0 Å². The Morgan fingerprint density at radius 1 is 0.875 bits per heavy atom. The van der Waals surface area contributed by atoms with Crippen LogP contribution in [0.2, 0.25) is 0 Å². The summed E-state index contributed by atoms with van der Waals surface area (Å²) in [5.74, 6) is -2.47. The van der Waals surface area contributed by atoms with Crippen LogP contribution in [0, 0.1) is 10.8 Å². The van der Waals surface area contributed by atoms with Gasteiger partial charge in [0.2, 0.25) is 5.78 Å². The smallest absolute Gasteiger partial charge is 1.00 e. The van der Waals surface area contributed by atoms with Crippen LogP contribution in [0.4, 0.5) is 0 Å². The van der Waals surface area contributed by atoms with E-state index in [0.717, 1.165) is 0 Å². The minimum Gasteiger partial charge on any atom is -1.00 e. The summed E-state index contributed by atoms with van der Waals surface area (Å²) in [7, 11) is 0. The van der Waals surface area contributed by atoms with Crippen molar-refractivity contribution in [1.29, 1.82) is 0 Å². The van der Waals surface area contributed by atoms with E-state index < -0.39 is 28.6 Å². The van der Waals surface area contributed by atoms with Gasteiger partial charge in [-0.25, -0.2) is 4.79 Å². The average Bonchev–Trinajstić information content (AvgIpc) is 1.99. The van der Waals surface area contributed by atoms with E-state index in [9.17, 15) is 14.4 Å². The first-order valence-electron chi connectivity index (χ1n) is 4.77. The molecule has 0 spiro atoms. The van der Waals surface area contributed by atoms with Crippen molar-refractivity contribution >= 4 is 66.6 Å². The van der Waals surface area contributed by atoms with Gasteiger partial charge in [-0.1, -0.05) is 20.8 Å². The maximum absolute atomic E-state index is 11.4. The van der Waals surface area contributed by atoms with Gasteiger partial charge in [0.15, 0.2) is 0 Å². The van der Waals surface area contributed by atoms with Gasteiger partial charge in [-0.15, -0.1) is 0 Å². The zero-order valence-electron chi connectivity index (χ0n) is 12.8. The molecule has 0 rings (SSSR count). The van der Waals surface area contributed by atoms with Crippen molar-refractivity contribution in [1.82, 2.24) is 0 Å². The molecule has 0 aliphatic heterocycles. The molecule has 0 aromatic rings. The number of hydrogen-bond acceptors (Lipinski definition) is 4. The first kappa shape index (κ1) is 18.7. The van der Waals surface area contributed by atoms with E-state index in [1.165, 1.54) is 0 Å². The van der Waals surface area contributed by atoms with Gasteiger partial charge in [-0.3, -0.25) is 9.59 Å². The molecule has 5 heteroatoms. The monoisotopic (exact) mass is 354 g/mol. The Labute approximate surface area is 140 Å². The molecule has 0 atom stereocenters. The summed E-state index contributed by atoms with van der Waals surface area (Å²) in [5, 5.41) is 0. The fraction of sp³-hybridized carbons (Fsp3) is 0.727. The van der Waals surface area contributed by atoms with Crippen LogP contribution >= 0.6 is 0 Å². The fourth-order valence-electron chi connectivity index (χ4n) is 0.590. The summed E-state index contributed by atoms with van der Waals surface area (Å²) in [5.41, 5.74) is -1.61. The van der Waals surface area contributed by atoms with Crippen LogP contribution in [0.1, 0.15) is 44.4 Å². The summed E-state index contributed by atoms with van der Waals surface area (Å²) in [6.07, 6.45) is 0. The second kappa shape index (κ2) is 6.35. The predicted octanol–water partition coefficient (Wildman–Crippen LogP) is 1.56. The Morgan fingerprint density at radius 3 is 1.50 bits per heavy atom. The van der Waals surface area contributed by atoms with Gasteiger partial charge in [0.05, 0.1) is 5.41 Å². The predicted molar refractivity (Wildman–Crippen MR) is 63.0 cm³/mol. The van der Waals surface area contributed by atoms with Crippen molar-refractivity contribution in [3.05, 3.63) is 0 Å². The minimum atomic E-state index is -1.08. The van der Waals surface area contributed by atoms with E-state index in [1.54, 1.807) is 41.5 Å². The van der Waals surface area contributed by atoms with Gasteiger partial charge in [-0.2, -0.15) is 0 Å². The molecule has 0 aliphatic carbocycles. The van der Waals surface area contributed by atoms with E-state index in [2.05, 4.69) is 4.74 Å². The van der Waals surface area contributed by atoms with E-state index >= 15 is 0 Å². The Hall–Kier alpha value is 0.381. The molecule has 0 N–H and O–H groups in total. The van der Waals surface area contributed by atoms with Gasteiger partial charge in [-0.05, 0) is 20.8 Å². The van der Waals surface area contributed by atoms with Crippen LogP contribution in [0.15, 0.2) is 0 Å². The molecule has 0 radical (unpaired) electrons. The van der Waals surface area contributed by atoms with Crippen LogP contribution in [0.3, 0.4) is 0 Å². The maximum Gasteiger partial charge on any atom is 2.00 e. The molecular formula is C11H20BaO4. The van der Waals surface area contributed by atoms with Crippen molar-refractivity contribution in [2.24, 2.45) is 10.8 Å². The third kappa shape index (κ3) is 6.20. The van der Waals surface area contributed by atoms with Gasteiger partial charge in [0.1, 0.15) is 0 Å². The molecule has 0 heterocycles. The zero-order valence-corrected chi connectivity index (χ0v) is 15.3. The van der Waals surface area contributed by atoms with Crippen LogP contribution in [-0.2, 0) is 19.1 Å². The Morgan fingerprint density at radius 2 is 1.25 bits per heavy atom. The summed E-state index contributed by atoms with van der Waals surface area (Å²) in [6.45, 7) is 9.63. The normalized spacial score (nSPS) is 11.4. The van der Waals surface area contributed by atoms with Gasteiger partial charge in [0.25, 0.3) is 0 Å².